The van der Waals surface area contributed by atoms with E-state index in [1.54, 1.807) is 60.7 Å². The molecule has 0 unspecified atom stereocenters. The molecule has 0 aliphatic carbocycles. The summed E-state index contributed by atoms with van der Waals surface area (Å²) in [5, 5.41) is 18.2. The smallest absolute Gasteiger partial charge is 0.335 e. The predicted molar refractivity (Wildman–Crippen MR) is 104 cm³/mol. The Morgan fingerprint density at radius 1 is 1.04 bits per heavy atom. The molecule has 3 aromatic rings. The second-order valence-electron chi connectivity index (χ2n) is 6.01. The SMILES string of the molecule is N#C/C(=C/c1ccc(OCc2ccc(C(=O)O)cc2)cc1)c1ccccc1F. The molecule has 0 amide bonds. The van der Waals surface area contributed by atoms with Crippen LogP contribution in [0, 0.1) is 17.1 Å². The zero-order valence-corrected chi connectivity index (χ0v) is 14.8. The molecule has 4 nitrogen and oxygen atoms in total. The summed E-state index contributed by atoms with van der Waals surface area (Å²) < 4.78 is 19.6. The summed E-state index contributed by atoms with van der Waals surface area (Å²) in [4.78, 5) is 10.9. The van der Waals surface area contributed by atoms with Gasteiger partial charge in [0, 0.05) is 5.56 Å². The molecule has 0 radical (unpaired) electrons. The number of rotatable bonds is 6. The van der Waals surface area contributed by atoms with Crippen LogP contribution in [0.1, 0.15) is 27.0 Å². The van der Waals surface area contributed by atoms with Gasteiger partial charge in [-0.1, -0.05) is 42.5 Å². The number of carboxylic acids is 1. The zero-order chi connectivity index (χ0) is 19.9. The van der Waals surface area contributed by atoms with Crippen LogP contribution in [0.4, 0.5) is 4.39 Å². The van der Waals surface area contributed by atoms with Crippen molar-refractivity contribution in [1.82, 2.24) is 0 Å². The number of benzene rings is 3. The number of carboxylic acid groups (broad SMARTS) is 1. The van der Waals surface area contributed by atoms with Crippen LogP contribution in [0.25, 0.3) is 11.6 Å². The third-order valence-corrected chi connectivity index (χ3v) is 4.08. The van der Waals surface area contributed by atoms with Crippen LogP contribution in [-0.4, -0.2) is 11.1 Å². The molecule has 5 heteroatoms. The van der Waals surface area contributed by atoms with Gasteiger partial charge in [0.2, 0.25) is 0 Å². The van der Waals surface area contributed by atoms with Crippen molar-refractivity contribution in [2.45, 2.75) is 6.61 Å². The summed E-state index contributed by atoms with van der Waals surface area (Å²) >= 11 is 0. The summed E-state index contributed by atoms with van der Waals surface area (Å²) in [5.41, 5.74) is 2.32. The van der Waals surface area contributed by atoms with E-state index in [1.807, 2.05) is 6.07 Å². The molecule has 0 aliphatic heterocycles. The molecule has 28 heavy (non-hydrogen) atoms. The average Bonchev–Trinajstić information content (AvgIpc) is 2.72. The Morgan fingerprint density at radius 3 is 2.32 bits per heavy atom. The molecule has 138 valence electrons. The molecule has 3 aromatic carbocycles. The maximum absolute atomic E-state index is 13.9. The fourth-order valence-electron chi connectivity index (χ4n) is 2.59. The predicted octanol–water partition coefficient (Wildman–Crippen LogP) is 5.17. The van der Waals surface area contributed by atoms with Crippen LogP contribution in [-0.2, 0) is 6.61 Å². The first-order valence-electron chi connectivity index (χ1n) is 8.48. The number of halogens is 1. The molecule has 0 aliphatic rings. The van der Waals surface area contributed by atoms with E-state index < -0.39 is 11.8 Å². The minimum absolute atomic E-state index is 0.225. The number of ether oxygens (including phenoxy) is 1. The molecule has 0 spiro atoms. The van der Waals surface area contributed by atoms with Gasteiger partial charge < -0.3 is 9.84 Å². The molecular formula is C23H16FNO3. The number of aromatic carboxylic acids is 1. The second kappa shape index (κ2) is 8.65. The maximum atomic E-state index is 13.9. The first kappa shape index (κ1) is 18.9. The fourth-order valence-corrected chi connectivity index (χ4v) is 2.59. The van der Waals surface area contributed by atoms with Crippen molar-refractivity contribution in [2.24, 2.45) is 0 Å². The standard InChI is InChI=1S/C23H16FNO3/c24-22-4-2-1-3-21(22)19(14-25)13-16-7-11-20(12-8-16)28-15-17-5-9-18(10-6-17)23(26)27/h1-13H,15H2,(H,26,27)/b19-13-. The van der Waals surface area contributed by atoms with Crippen LogP contribution >= 0.6 is 0 Å². The zero-order valence-electron chi connectivity index (χ0n) is 14.8. The monoisotopic (exact) mass is 373 g/mol. The largest absolute Gasteiger partial charge is 0.489 e. The lowest BCUT2D eigenvalue weighted by molar-refractivity contribution is 0.0697. The van der Waals surface area contributed by atoms with Gasteiger partial charge in [0.15, 0.2) is 0 Å². The van der Waals surface area contributed by atoms with Crippen molar-refractivity contribution in [2.75, 3.05) is 0 Å². The Balaban J connectivity index is 1.68. The van der Waals surface area contributed by atoms with Crippen molar-refractivity contribution in [1.29, 1.82) is 5.26 Å². The Morgan fingerprint density at radius 2 is 1.71 bits per heavy atom. The topological polar surface area (TPSA) is 70.3 Å². The van der Waals surface area contributed by atoms with E-state index in [0.717, 1.165) is 11.1 Å². The molecule has 0 saturated carbocycles. The van der Waals surface area contributed by atoms with Gasteiger partial charge in [-0.2, -0.15) is 5.26 Å². The molecule has 0 fully saturated rings. The van der Waals surface area contributed by atoms with Crippen LogP contribution < -0.4 is 4.74 Å². The molecule has 1 N–H and O–H groups in total. The Kier molecular flexibility index (Phi) is 5.83. The van der Waals surface area contributed by atoms with E-state index >= 15 is 0 Å². The molecule has 3 rings (SSSR count). The van der Waals surface area contributed by atoms with E-state index in [4.69, 9.17) is 9.84 Å². The van der Waals surface area contributed by atoms with E-state index in [1.165, 1.54) is 18.2 Å². The number of carbonyl (C=O) groups is 1. The van der Waals surface area contributed by atoms with Crippen LogP contribution in [0.5, 0.6) is 5.75 Å². The Hall–Kier alpha value is -3.91. The van der Waals surface area contributed by atoms with Crippen LogP contribution in [0.15, 0.2) is 72.8 Å². The van der Waals surface area contributed by atoms with Crippen molar-refractivity contribution < 1.29 is 19.0 Å². The number of nitrogens with zero attached hydrogens (tertiary/aromatic N) is 1. The lowest BCUT2D eigenvalue weighted by Gasteiger charge is -2.07. The van der Waals surface area contributed by atoms with E-state index in [-0.39, 0.29) is 16.7 Å². The lowest BCUT2D eigenvalue weighted by atomic mass is 10.0. The number of hydrogen-bond acceptors (Lipinski definition) is 3. The average molecular weight is 373 g/mol. The molecule has 0 atom stereocenters. The summed E-state index contributed by atoms with van der Waals surface area (Å²) in [5.74, 6) is -0.781. The lowest BCUT2D eigenvalue weighted by Crippen LogP contribution is -1.98. The number of hydrogen-bond donors (Lipinski definition) is 1. The molecule has 0 bridgehead atoms. The highest BCUT2D eigenvalue weighted by Crippen LogP contribution is 2.22. The highest BCUT2D eigenvalue weighted by Gasteiger charge is 2.07. The normalized spacial score (nSPS) is 10.9. The number of nitriles is 1. The second-order valence-corrected chi connectivity index (χ2v) is 6.01. The first-order valence-corrected chi connectivity index (χ1v) is 8.48. The van der Waals surface area contributed by atoms with Gasteiger partial charge in [-0.05, 0) is 47.5 Å². The first-order chi connectivity index (χ1) is 13.6. The molecular weight excluding hydrogens is 357 g/mol. The van der Waals surface area contributed by atoms with Gasteiger partial charge in [-0.25, -0.2) is 9.18 Å². The van der Waals surface area contributed by atoms with Gasteiger partial charge in [0.1, 0.15) is 18.2 Å². The fraction of sp³-hybridized carbons (Fsp3) is 0.0435. The maximum Gasteiger partial charge on any atom is 0.335 e. The Labute approximate surface area is 161 Å². The third kappa shape index (κ3) is 4.63. The Bertz CT molecular complexity index is 1050. The highest BCUT2D eigenvalue weighted by molar-refractivity contribution is 5.89. The third-order valence-electron chi connectivity index (χ3n) is 4.08. The number of allylic oxidation sites excluding steroid dienone is 1. The molecule has 0 saturated heterocycles. The van der Waals surface area contributed by atoms with Crippen LogP contribution in [0.3, 0.4) is 0 Å². The summed E-state index contributed by atoms with van der Waals surface area (Å²) in [6, 6.07) is 21.7. The van der Waals surface area contributed by atoms with Gasteiger partial charge in [0.05, 0.1) is 17.2 Å². The van der Waals surface area contributed by atoms with Crippen molar-refractivity contribution in [3.63, 3.8) is 0 Å². The van der Waals surface area contributed by atoms with Crippen molar-refractivity contribution in [3.05, 3.63) is 101 Å². The highest BCUT2D eigenvalue weighted by atomic mass is 19.1. The van der Waals surface area contributed by atoms with Gasteiger partial charge >= 0.3 is 5.97 Å². The quantitative estimate of drug-likeness (QED) is 0.478. The van der Waals surface area contributed by atoms with E-state index in [2.05, 4.69) is 0 Å². The van der Waals surface area contributed by atoms with Crippen molar-refractivity contribution in [3.8, 4) is 11.8 Å². The van der Waals surface area contributed by atoms with E-state index in [9.17, 15) is 14.4 Å². The van der Waals surface area contributed by atoms with Gasteiger partial charge in [-0.15, -0.1) is 0 Å². The van der Waals surface area contributed by atoms with Gasteiger partial charge in [0.25, 0.3) is 0 Å². The van der Waals surface area contributed by atoms with Crippen molar-refractivity contribution >= 4 is 17.6 Å². The summed E-state index contributed by atoms with van der Waals surface area (Å²) in [6.45, 7) is 0.299. The summed E-state index contributed by atoms with van der Waals surface area (Å²) in [6.07, 6.45) is 1.62. The van der Waals surface area contributed by atoms with Crippen LogP contribution in [0.2, 0.25) is 0 Å². The molecule has 0 aromatic heterocycles. The minimum atomic E-state index is -0.969. The minimum Gasteiger partial charge on any atom is -0.489 e. The van der Waals surface area contributed by atoms with Gasteiger partial charge in [-0.3, -0.25) is 0 Å². The summed E-state index contributed by atoms with van der Waals surface area (Å²) in [7, 11) is 0. The molecule has 0 heterocycles. The van der Waals surface area contributed by atoms with E-state index in [0.29, 0.717) is 12.4 Å².